The maximum Gasteiger partial charge on any atom is 0.356 e. The zero-order valence-corrected chi connectivity index (χ0v) is 10.8. The summed E-state index contributed by atoms with van der Waals surface area (Å²) in [5, 5.41) is 14.5. The van der Waals surface area contributed by atoms with Crippen LogP contribution in [0.4, 0.5) is 10.5 Å². The van der Waals surface area contributed by atoms with E-state index in [1.807, 2.05) is 6.92 Å². The van der Waals surface area contributed by atoms with Crippen molar-refractivity contribution in [3.05, 3.63) is 24.0 Å². The highest BCUT2D eigenvalue weighted by molar-refractivity contribution is 5.98. The fourth-order valence-electron chi connectivity index (χ4n) is 2.24. The number of amides is 2. The van der Waals surface area contributed by atoms with Crippen molar-refractivity contribution < 1.29 is 14.7 Å². The van der Waals surface area contributed by atoms with Crippen LogP contribution in [-0.2, 0) is 0 Å². The monoisotopic (exact) mass is 263 g/mol. The Hall–Kier alpha value is -2.11. The van der Waals surface area contributed by atoms with Crippen LogP contribution in [0.1, 0.15) is 43.1 Å². The number of aromatic nitrogens is 1. The van der Waals surface area contributed by atoms with E-state index in [9.17, 15) is 9.59 Å². The van der Waals surface area contributed by atoms with Crippen molar-refractivity contribution in [3.63, 3.8) is 0 Å². The highest BCUT2D eigenvalue weighted by atomic mass is 16.4. The summed E-state index contributed by atoms with van der Waals surface area (Å²) in [5.41, 5.74) is -0.0785. The van der Waals surface area contributed by atoms with Gasteiger partial charge in [0, 0.05) is 11.7 Å². The summed E-state index contributed by atoms with van der Waals surface area (Å²) in [5.74, 6) is -1.16. The molecule has 0 aliphatic heterocycles. The molecule has 0 atom stereocenters. The van der Waals surface area contributed by atoms with Crippen molar-refractivity contribution in [2.24, 2.45) is 0 Å². The average molecular weight is 263 g/mol. The van der Waals surface area contributed by atoms with Crippen LogP contribution in [0.15, 0.2) is 18.3 Å². The molecule has 0 saturated heterocycles. The first-order valence-electron chi connectivity index (χ1n) is 6.34. The Bertz CT molecular complexity index is 492. The summed E-state index contributed by atoms with van der Waals surface area (Å²) in [7, 11) is 0. The van der Waals surface area contributed by atoms with Crippen molar-refractivity contribution in [2.45, 2.75) is 38.1 Å². The molecule has 6 heteroatoms. The fraction of sp³-hybridized carbons (Fsp3) is 0.462. The van der Waals surface area contributed by atoms with Crippen LogP contribution in [-0.4, -0.2) is 27.6 Å². The van der Waals surface area contributed by atoms with Gasteiger partial charge in [-0.25, -0.2) is 14.6 Å². The summed E-state index contributed by atoms with van der Waals surface area (Å²) in [6.07, 6.45) is 5.30. The third-order valence-electron chi connectivity index (χ3n) is 3.62. The molecule has 1 fully saturated rings. The van der Waals surface area contributed by atoms with Crippen LogP contribution in [0.3, 0.4) is 0 Å². The number of nitrogens with zero attached hydrogens (tertiary/aromatic N) is 1. The molecular weight excluding hydrogens is 246 g/mol. The van der Waals surface area contributed by atoms with E-state index >= 15 is 0 Å². The lowest BCUT2D eigenvalue weighted by Gasteiger charge is -2.41. The Labute approximate surface area is 111 Å². The average Bonchev–Trinajstić information content (AvgIpc) is 2.34. The maximum atomic E-state index is 11.9. The smallest absolute Gasteiger partial charge is 0.356 e. The minimum absolute atomic E-state index is 0.129. The van der Waals surface area contributed by atoms with E-state index in [4.69, 9.17) is 5.11 Å². The number of aromatic carboxylic acids is 1. The number of urea groups is 1. The molecule has 2 amide bonds. The van der Waals surface area contributed by atoms with Gasteiger partial charge in [0.2, 0.25) is 0 Å². The van der Waals surface area contributed by atoms with E-state index in [-0.39, 0.29) is 23.0 Å². The molecule has 1 saturated carbocycles. The number of carbonyl (C=O) groups is 2. The molecular formula is C13H17N3O3. The largest absolute Gasteiger partial charge is 0.476 e. The van der Waals surface area contributed by atoms with Crippen molar-refractivity contribution in [3.8, 4) is 0 Å². The lowest BCUT2D eigenvalue weighted by Crippen LogP contribution is -2.54. The summed E-state index contributed by atoms with van der Waals surface area (Å²) in [6.45, 7) is 2.03. The van der Waals surface area contributed by atoms with E-state index in [2.05, 4.69) is 15.6 Å². The standard InChI is InChI=1S/C13H17N3O3/c1-2-13(6-4-7-13)16-12(19)15-9-5-3-8-14-10(9)11(17)18/h3,5,8H,2,4,6-7H2,1H3,(H,17,18)(H2,15,16,19). The molecule has 6 nitrogen and oxygen atoms in total. The van der Waals surface area contributed by atoms with E-state index in [0.717, 1.165) is 25.7 Å². The lowest BCUT2D eigenvalue weighted by atomic mass is 9.75. The Morgan fingerprint density at radius 3 is 2.74 bits per heavy atom. The number of hydrogen-bond donors (Lipinski definition) is 3. The second kappa shape index (κ2) is 5.26. The third kappa shape index (κ3) is 2.83. The third-order valence-corrected chi connectivity index (χ3v) is 3.62. The number of hydrogen-bond acceptors (Lipinski definition) is 3. The van der Waals surface area contributed by atoms with Gasteiger partial charge in [-0.3, -0.25) is 0 Å². The molecule has 19 heavy (non-hydrogen) atoms. The molecule has 1 heterocycles. The minimum Gasteiger partial charge on any atom is -0.476 e. The quantitative estimate of drug-likeness (QED) is 0.776. The SMILES string of the molecule is CCC1(NC(=O)Nc2cccnc2C(=O)O)CCC1. The Morgan fingerprint density at radius 1 is 1.47 bits per heavy atom. The molecule has 0 bridgehead atoms. The topological polar surface area (TPSA) is 91.3 Å². The maximum absolute atomic E-state index is 11.9. The van der Waals surface area contributed by atoms with Gasteiger partial charge in [-0.1, -0.05) is 6.92 Å². The van der Waals surface area contributed by atoms with Gasteiger partial charge in [0.1, 0.15) is 0 Å². The van der Waals surface area contributed by atoms with E-state index in [1.165, 1.54) is 12.3 Å². The molecule has 0 radical (unpaired) electrons. The molecule has 102 valence electrons. The van der Waals surface area contributed by atoms with Gasteiger partial charge in [0.15, 0.2) is 5.69 Å². The zero-order valence-electron chi connectivity index (χ0n) is 10.8. The van der Waals surface area contributed by atoms with Gasteiger partial charge in [-0.2, -0.15) is 0 Å². The van der Waals surface area contributed by atoms with Crippen LogP contribution in [0.2, 0.25) is 0 Å². The number of carboxylic acids is 1. The number of carbonyl (C=O) groups excluding carboxylic acids is 1. The lowest BCUT2D eigenvalue weighted by molar-refractivity contribution is 0.0692. The van der Waals surface area contributed by atoms with Crippen molar-refractivity contribution in [2.75, 3.05) is 5.32 Å². The van der Waals surface area contributed by atoms with Crippen LogP contribution < -0.4 is 10.6 Å². The van der Waals surface area contributed by atoms with E-state index in [0.29, 0.717) is 0 Å². The first-order valence-corrected chi connectivity index (χ1v) is 6.34. The van der Waals surface area contributed by atoms with Crippen LogP contribution in [0.5, 0.6) is 0 Å². The van der Waals surface area contributed by atoms with Gasteiger partial charge < -0.3 is 15.7 Å². The van der Waals surface area contributed by atoms with Gasteiger partial charge in [-0.05, 0) is 37.8 Å². The Balaban J connectivity index is 2.05. The molecule has 1 aromatic heterocycles. The number of anilines is 1. The molecule has 0 spiro atoms. The first kappa shape index (κ1) is 13.3. The summed E-state index contributed by atoms with van der Waals surface area (Å²) >= 11 is 0. The fourth-order valence-corrected chi connectivity index (χ4v) is 2.24. The Morgan fingerprint density at radius 2 is 2.21 bits per heavy atom. The van der Waals surface area contributed by atoms with Gasteiger partial charge in [0.25, 0.3) is 0 Å². The van der Waals surface area contributed by atoms with E-state index < -0.39 is 5.97 Å². The van der Waals surface area contributed by atoms with Crippen molar-refractivity contribution >= 4 is 17.7 Å². The summed E-state index contributed by atoms with van der Waals surface area (Å²) < 4.78 is 0. The number of pyridine rings is 1. The first-order chi connectivity index (χ1) is 9.06. The summed E-state index contributed by atoms with van der Waals surface area (Å²) in [4.78, 5) is 26.6. The molecule has 1 aliphatic carbocycles. The molecule has 3 N–H and O–H groups in total. The highest BCUT2D eigenvalue weighted by Gasteiger charge is 2.36. The van der Waals surface area contributed by atoms with Gasteiger partial charge in [-0.15, -0.1) is 0 Å². The Kier molecular flexibility index (Phi) is 3.69. The van der Waals surface area contributed by atoms with Crippen LogP contribution in [0.25, 0.3) is 0 Å². The minimum atomic E-state index is -1.16. The van der Waals surface area contributed by atoms with E-state index in [1.54, 1.807) is 6.07 Å². The highest BCUT2D eigenvalue weighted by Crippen LogP contribution is 2.34. The van der Waals surface area contributed by atoms with Crippen molar-refractivity contribution in [1.29, 1.82) is 0 Å². The normalized spacial score (nSPS) is 16.3. The summed E-state index contributed by atoms with van der Waals surface area (Å²) in [6, 6.07) is 2.73. The number of nitrogens with one attached hydrogen (secondary N) is 2. The van der Waals surface area contributed by atoms with Gasteiger partial charge in [0.05, 0.1) is 5.69 Å². The van der Waals surface area contributed by atoms with Crippen molar-refractivity contribution in [1.82, 2.24) is 10.3 Å². The van der Waals surface area contributed by atoms with Crippen LogP contribution in [0, 0.1) is 0 Å². The second-order valence-corrected chi connectivity index (χ2v) is 4.77. The molecule has 0 unspecified atom stereocenters. The number of rotatable bonds is 4. The second-order valence-electron chi connectivity index (χ2n) is 4.77. The predicted octanol–water partition coefficient (Wildman–Crippen LogP) is 2.23. The van der Waals surface area contributed by atoms with Gasteiger partial charge >= 0.3 is 12.0 Å². The zero-order chi connectivity index (χ0) is 13.9. The number of carboxylic acid groups (broad SMARTS) is 1. The molecule has 0 aromatic carbocycles. The molecule has 1 aliphatic rings. The molecule has 1 aromatic rings. The molecule has 2 rings (SSSR count). The van der Waals surface area contributed by atoms with Crippen LogP contribution >= 0.6 is 0 Å². The predicted molar refractivity (Wildman–Crippen MR) is 70.2 cm³/mol.